The van der Waals surface area contributed by atoms with Crippen LogP contribution in [0.25, 0.3) is 6.08 Å². The monoisotopic (exact) mass is 296 g/mol. The Kier molecular flexibility index (Phi) is 5.50. The summed E-state index contributed by atoms with van der Waals surface area (Å²) in [6, 6.07) is 13.3. The predicted molar refractivity (Wildman–Crippen MR) is 88.3 cm³/mol. The molecule has 0 spiro atoms. The Morgan fingerprint density at radius 2 is 1.95 bits per heavy atom. The first-order chi connectivity index (χ1) is 10.6. The van der Waals surface area contributed by atoms with E-state index < -0.39 is 0 Å². The summed E-state index contributed by atoms with van der Waals surface area (Å²) in [5.74, 6) is 0.775. The fourth-order valence-electron chi connectivity index (χ4n) is 2.24. The molecule has 0 unspecified atom stereocenters. The minimum Gasteiger partial charge on any atom is -0.496 e. The second kappa shape index (κ2) is 7.57. The van der Waals surface area contributed by atoms with Crippen LogP contribution in [0.5, 0.6) is 5.75 Å². The SMILES string of the molecule is COCc1cc(/C=C/C(=O)c2cccc(C)c2)ccc1OC. The highest BCUT2D eigenvalue weighted by molar-refractivity contribution is 6.06. The minimum atomic E-state index is -0.00666. The third kappa shape index (κ3) is 4.06. The molecule has 0 fully saturated rings. The third-order valence-electron chi connectivity index (χ3n) is 3.33. The number of allylic oxidation sites excluding steroid dienone is 1. The number of aryl methyl sites for hydroxylation is 1. The van der Waals surface area contributed by atoms with Gasteiger partial charge in [0.1, 0.15) is 5.75 Å². The fraction of sp³-hybridized carbons (Fsp3) is 0.211. The van der Waals surface area contributed by atoms with E-state index in [2.05, 4.69) is 0 Å². The molecule has 0 aromatic heterocycles. The van der Waals surface area contributed by atoms with Crippen LogP contribution in [-0.2, 0) is 11.3 Å². The van der Waals surface area contributed by atoms with E-state index >= 15 is 0 Å². The molecule has 0 aliphatic heterocycles. The number of hydrogen-bond donors (Lipinski definition) is 0. The molecular weight excluding hydrogens is 276 g/mol. The van der Waals surface area contributed by atoms with Crippen LogP contribution in [0.15, 0.2) is 48.5 Å². The van der Waals surface area contributed by atoms with Gasteiger partial charge in [-0.25, -0.2) is 0 Å². The van der Waals surface area contributed by atoms with Gasteiger partial charge in [0.25, 0.3) is 0 Å². The molecule has 3 nitrogen and oxygen atoms in total. The topological polar surface area (TPSA) is 35.5 Å². The number of ether oxygens (including phenoxy) is 2. The van der Waals surface area contributed by atoms with E-state index in [-0.39, 0.29) is 5.78 Å². The zero-order valence-electron chi connectivity index (χ0n) is 13.1. The summed E-state index contributed by atoms with van der Waals surface area (Å²) in [6.07, 6.45) is 3.40. The predicted octanol–water partition coefficient (Wildman–Crippen LogP) is 4.05. The maximum absolute atomic E-state index is 12.2. The summed E-state index contributed by atoms with van der Waals surface area (Å²) >= 11 is 0. The van der Waals surface area contributed by atoms with Crippen molar-refractivity contribution in [2.75, 3.05) is 14.2 Å². The van der Waals surface area contributed by atoms with Crippen molar-refractivity contribution in [2.24, 2.45) is 0 Å². The Balaban J connectivity index is 2.19. The van der Waals surface area contributed by atoms with Crippen molar-refractivity contribution in [3.05, 3.63) is 70.8 Å². The van der Waals surface area contributed by atoms with Gasteiger partial charge in [-0.3, -0.25) is 4.79 Å². The molecule has 0 aliphatic carbocycles. The number of hydrogen-bond acceptors (Lipinski definition) is 3. The molecule has 114 valence electrons. The molecule has 0 bridgehead atoms. The number of benzene rings is 2. The van der Waals surface area contributed by atoms with E-state index in [1.165, 1.54) is 0 Å². The first-order valence-corrected chi connectivity index (χ1v) is 7.09. The zero-order valence-corrected chi connectivity index (χ0v) is 13.1. The van der Waals surface area contributed by atoms with Crippen LogP contribution in [0.2, 0.25) is 0 Å². The summed E-state index contributed by atoms with van der Waals surface area (Å²) in [5.41, 5.74) is 3.66. The van der Waals surface area contributed by atoms with Crippen LogP contribution >= 0.6 is 0 Å². The Labute approximate surface area is 131 Å². The molecule has 0 saturated heterocycles. The lowest BCUT2D eigenvalue weighted by molar-refractivity contribution is 0.104. The number of rotatable bonds is 6. The van der Waals surface area contributed by atoms with Gasteiger partial charge in [-0.05, 0) is 36.8 Å². The van der Waals surface area contributed by atoms with Crippen LogP contribution in [-0.4, -0.2) is 20.0 Å². The third-order valence-corrected chi connectivity index (χ3v) is 3.33. The van der Waals surface area contributed by atoms with Crippen LogP contribution in [0.4, 0.5) is 0 Å². The average molecular weight is 296 g/mol. The molecule has 0 atom stereocenters. The maximum atomic E-state index is 12.2. The van der Waals surface area contributed by atoms with Crippen molar-refractivity contribution in [3.8, 4) is 5.75 Å². The van der Waals surface area contributed by atoms with Gasteiger partial charge in [0.2, 0.25) is 0 Å². The van der Waals surface area contributed by atoms with Gasteiger partial charge in [0.15, 0.2) is 5.78 Å². The Bertz CT molecular complexity index is 687. The molecule has 0 aliphatic rings. The zero-order chi connectivity index (χ0) is 15.9. The molecule has 2 aromatic rings. The molecule has 0 N–H and O–H groups in total. The van der Waals surface area contributed by atoms with Gasteiger partial charge in [0, 0.05) is 18.2 Å². The lowest BCUT2D eigenvalue weighted by atomic mass is 10.1. The highest BCUT2D eigenvalue weighted by atomic mass is 16.5. The van der Waals surface area contributed by atoms with Crippen LogP contribution in [0, 0.1) is 6.92 Å². The molecule has 2 aromatic carbocycles. The lowest BCUT2D eigenvalue weighted by Crippen LogP contribution is -1.96. The Morgan fingerprint density at radius 3 is 2.64 bits per heavy atom. The number of ketones is 1. The van der Waals surface area contributed by atoms with Crippen LogP contribution < -0.4 is 4.74 Å². The van der Waals surface area contributed by atoms with Gasteiger partial charge < -0.3 is 9.47 Å². The molecule has 3 heteroatoms. The number of carbonyl (C=O) groups is 1. The maximum Gasteiger partial charge on any atom is 0.185 e. The summed E-state index contributed by atoms with van der Waals surface area (Å²) < 4.78 is 10.5. The fourth-order valence-corrected chi connectivity index (χ4v) is 2.24. The second-order valence-electron chi connectivity index (χ2n) is 5.07. The van der Waals surface area contributed by atoms with E-state index in [1.54, 1.807) is 20.3 Å². The summed E-state index contributed by atoms with van der Waals surface area (Å²) in [6.45, 7) is 2.44. The van der Waals surface area contributed by atoms with Gasteiger partial charge in [0.05, 0.1) is 13.7 Å². The molecule has 0 heterocycles. The van der Waals surface area contributed by atoms with Gasteiger partial charge in [-0.1, -0.05) is 35.9 Å². The van der Waals surface area contributed by atoms with Crippen molar-refractivity contribution < 1.29 is 14.3 Å². The summed E-state index contributed by atoms with van der Waals surface area (Å²) in [5, 5.41) is 0. The second-order valence-corrected chi connectivity index (χ2v) is 5.07. The standard InChI is InChI=1S/C19H20O3/c1-14-5-4-6-16(11-14)18(20)9-7-15-8-10-19(22-3)17(12-15)13-21-2/h4-12H,13H2,1-3H3/b9-7+. The molecule has 0 saturated carbocycles. The molecule has 2 rings (SSSR count). The minimum absolute atomic E-state index is 0.00666. The smallest absolute Gasteiger partial charge is 0.185 e. The van der Waals surface area contributed by atoms with Crippen LogP contribution in [0.3, 0.4) is 0 Å². The van der Waals surface area contributed by atoms with E-state index in [1.807, 2.05) is 55.5 Å². The van der Waals surface area contributed by atoms with Crippen LogP contribution in [0.1, 0.15) is 27.0 Å². The molecular formula is C19H20O3. The van der Waals surface area contributed by atoms with E-state index in [0.717, 1.165) is 22.4 Å². The Morgan fingerprint density at radius 1 is 1.14 bits per heavy atom. The van der Waals surface area contributed by atoms with Gasteiger partial charge >= 0.3 is 0 Å². The number of methoxy groups -OCH3 is 2. The summed E-state index contributed by atoms with van der Waals surface area (Å²) in [7, 11) is 3.27. The van der Waals surface area contributed by atoms with Gasteiger partial charge in [-0.15, -0.1) is 0 Å². The molecule has 22 heavy (non-hydrogen) atoms. The van der Waals surface area contributed by atoms with Crippen molar-refractivity contribution in [3.63, 3.8) is 0 Å². The quantitative estimate of drug-likeness (QED) is 0.596. The lowest BCUT2D eigenvalue weighted by Gasteiger charge is -2.08. The highest BCUT2D eigenvalue weighted by Gasteiger charge is 2.04. The van der Waals surface area contributed by atoms with Gasteiger partial charge in [-0.2, -0.15) is 0 Å². The number of carbonyl (C=O) groups excluding carboxylic acids is 1. The first kappa shape index (κ1) is 16.0. The van der Waals surface area contributed by atoms with E-state index in [4.69, 9.17) is 9.47 Å². The largest absolute Gasteiger partial charge is 0.496 e. The van der Waals surface area contributed by atoms with E-state index in [9.17, 15) is 4.79 Å². The van der Waals surface area contributed by atoms with E-state index in [0.29, 0.717) is 12.2 Å². The summed E-state index contributed by atoms with van der Waals surface area (Å²) in [4.78, 5) is 12.2. The van der Waals surface area contributed by atoms with Crippen molar-refractivity contribution in [1.82, 2.24) is 0 Å². The normalized spacial score (nSPS) is 10.9. The molecule has 0 amide bonds. The van der Waals surface area contributed by atoms with Crippen molar-refractivity contribution in [2.45, 2.75) is 13.5 Å². The molecule has 0 radical (unpaired) electrons. The Hall–Kier alpha value is -2.39. The van der Waals surface area contributed by atoms with Crippen molar-refractivity contribution in [1.29, 1.82) is 0 Å². The van der Waals surface area contributed by atoms with Crippen molar-refractivity contribution >= 4 is 11.9 Å². The highest BCUT2D eigenvalue weighted by Crippen LogP contribution is 2.21. The average Bonchev–Trinajstić information content (AvgIpc) is 2.53. The first-order valence-electron chi connectivity index (χ1n) is 7.09.